The topological polar surface area (TPSA) is 132 Å². The molecule has 1 spiro atoms. The van der Waals surface area contributed by atoms with Crippen molar-refractivity contribution in [3.05, 3.63) is 47.5 Å². The maximum Gasteiger partial charge on any atom is 0.412 e. The fourth-order valence-electron chi connectivity index (χ4n) is 5.03. The van der Waals surface area contributed by atoms with Gasteiger partial charge in [0.05, 0.1) is 17.7 Å². The molecule has 0 bridgehead atoms. The van der Waals surface area contributed by atoms with Crippen LogP contribution in [0.3, 0.4) is 0 Å². The molecule has 0 amide bonds. The van der Waals surface area contributed by atoms with E-state index in [1.54, 1.807) is 19.1 Å². The predicted octanol–water partition coefficient (Wildman–Crippen LogP) is 3.32. The van der Waals surface area contributed by atoms with E-state index in [-0.39, 0.29) is 36.8 Å². The number of benzene rings is 2. The van der Waals surface area contributed by atoms with Crippen LogP contribution >= 0.6 is 12.4 Å². The number of nitrogens with zero attached hydrogens (tertiary/aromatic N) is 4. The number of ether oxygens (including phenoxy) is 1. The SMILES string of the molecule is CCN(c1ccc2c(c1)C(=O)CC1(CCN(CCc3ccc4nonc4c3)CC1)O2)S(=O)(=O)OC(C)=O.Cl. The van der Waals surface area contributed by atoms with Gasteiger partial charge in [-0.05, 0) is 59.6 Å². The minimum absolute atomic E-state index is 0. The maximum absolute atomic E-state index is 13.2. The fraction of sp³-hybridized carbons (Fsp3) is 0.440. The maximum atomic E-state index is 13.2. The average molecular weight is 565 g/mol. The van der Waals surface area contributed by atoms with Crippen molar-refractivity contribution >= 4 is 51.2 Å². The summed E-state index contributed by atoms with van der Waals surface area (Å²) >= 11 is 0. The zero-order valence-electron chi connectivity index (χ0n) is 21.1. The van der Waals surface area contributed by atoms with Gasteiger partial charge in [0.2, 0.25) is 0 Å². The van der Waals surface area contributed by atoms with Gasteiger partial charge in [-0.2, -0.15) is 8.42 Å². The van der Waals surface area contributed by atoms with E-state index in [4.69, 9.17) is 9.37 Å². The first-order valence-corrected chi connectivity index (χ1v) is 13.6. The second-order valence-corrected chi connectivity index (χ2v) is 10.9. The van der Waals surface area contributed by atoms with Crippen LogP contribution in [-0.4, -0.2) is 67.2 Å². The lowest BCUT2D eigenvalue weighted by molar-refractivity contribution is -0.131. The molecule has 2 aliphatic rings. The molecule has 0 saturated carbocycles. The van der Waals surface area contributed by atoms with E-state index in [9.17, 15) is 18.0 Å². The molecule has 1 aromatic heterocycles. The number of rotatable bonds is 7. The molecule has 13 heteroatoms. The molecule has 11 nitrogen and oxygen atoms in total. The summed E-state index contributed by atoms with van der Waals surface area (Å²) in [5.41, 5.74) is 2.65. The molecule has 3 aromatic rings. The van der Waals surface area contributed by atoms with Gasteiger partial charge < -0.3 is 13.8 Å². The summed E-state index contributed by atoms with van der Waals surface area (Å²) in [4.78, 5) is 26.8. The van der Waals surface area contributed by atoms with Crippen molar-refractivity contribution in [2.75, 3.05) is 30.5 Å². The Balaban J connectivity index is 0.00000336. The van der Waals surface area contributed by atoms with E-state index in [0.29, 0.717) is 24.2 Å². The minimum atomic E-state index is -4.32. The smallest absolute Gasteiger partial charge is 0.412 e. The Bertz CT molecular complexity index is 1450. The fourth-order valence-corrected chi connectivity index (χ4v) is 6.11. The number of anilines is 1. The van der Waals surface area contributed by atoms with Gasteiger partial charge >= 0.3 is 16.3 Å². The second kappa shape index (κ2) is 10.9. The van der Waals surface area contributed by atoms with Crippen molar-refractivity contribution in [2.45, 2.75) is 45.1 Å². The highest BCUT2D eigenvalue weighted by Gasteiger charge is 2.43. The molecule has 204 valence electrons. The van der Waals surface area contributed by atoms with E-state index >= 15 is 0 Å². The van der Waals surface area contributed by atoms with Crippen LogP contribution in [-0.2, 0) is 25.7 Å². The van der Waals surface area contributed by atoms with Gasteiger partial charge in [-0.1, -0.05) is 6.07 Å². The van der Waals surface area contributed by atoms with Gasteiger partial charge in [0.25, 0.3) is 0 Å². The molecule has 2 aliphatic heterocycles. The van der Waals surface area contributed by atoms with Crippen LogP contribution in [0.4, 0.5) is 5.69 Å². The Labute approximate surface area is 226 Å². The minimum Gasteiger partial charge on any atom is -0.486 e. The van der Waals surface area contributed by atoms with Crippen LogP contribution in [0.15, 0.2) is 41.0 Å². The van der Waals surface area contributed by atoms with Crippen molar-refractivity contribution < 1.29 is 31.6 Å². The number of aromatic nitrogens is 2. The van der Waals surface area contributed by atoms with Gasteiger partial charge in [0.1, 0.15) is 22.4 Å². The Morgan fingerprint density at radius 1 is 1.13 bits per heavy atom. The first-order chi connectivity index (χ1) is 17.7. The van der Waals surface area contributed by atoms with Crippen LogP contribution in [0.5, 0.6) is 5.75 Å². The third kappa shape index (κ3) is 5.62. The number of fused-ring (bicyclic) bond motifs is 2. The Hall–Kier alpha value is -3.22. The Morgan fingerprint density at radius 2 is 1.87 bits per heavy atom. The molecule has 3 heterocycles. The highest BCUT2D eigenvalue weighted by atomic mass is 35.5. The summed E-state index contributed by atoms with van der Waals surface area (Å²) in [7, 11) is -4.32. The normalized spacial score (nSPS) is 16.9. The molecule has 0 aliphatic carbocycles. The van der Waals surface area contributed by atoms with Crippen molar-refractivity contribution in [3.63, 3.8) is 0 Å². The largest absolute Gasteiger partial charge is 0.486 e. The number of piperidine rings is 1. The van der Waals surface area contributed by atoms with Gasteiger partial charge in [-0.3, -0.25) is 9.59 Å². The lowest BCUT2D eigenvalue weighted by atomic mass is 9.82. The van der Waals surface area contributed by atoms with Gasteiger partial charge in [0.15, 0.2) is 5.78 Å². The van der Waals surface area contributed by atoms with Crippen LogP contribution < -0.4 is 9.04 Å². The molecule has 1 fully saturated rings. The monoisotopic (exact) mass is 564 g/mol. The Morgan fingerprint density at radius 3 is 2.58 bits per heavy atom. The highest BCUT2D eigenvalue weighted by molar-refractivity contribution is 7.88. The first kappa shape index (κ1) is 27.8. The third-order valence-electron chi connectivity index (χ3n) is 6.94. The number of Topliss-reactive ketones (excluding diaryl/α,β-unsaturated/α-hetero) is 1. The molecule has 1 saturated heterocycles. The molecule has 0 atom stereocenters. The van der Waals surface area contributed by atoms with Gasteiger partial charge in [-0.25, -0.2) is 8.93 Å². The van der Waals surface area contributed by atoms with Crippen molar-refractivity contribution in [1.29, 1.82) is 0 Å². The number of carbonyl (C=O) groups is 2. The molecular formula is C25H29ClN4O7S. The van der Waals surface area contributed by atoms with Crippen LogP contribution in [0.1, 0.15) is 49.0 Å². The molecule has 5 rings (SSSR count). The third-order valence-corrected chi connectivity index (χ3v) is 8.40. The molecular weight excluding hydrogens is 536 g/mol. The van der Waals surface area contributed by atoms with E-state index in [1.165, 1.54) is 6.07 Å². The summed E-state index contributed by atoms with van der Waals surface area (Å²) in [6.07, 6.45) is 2.53. The Kier molecular flexibility index (Phi) is 7.96. The number of halogens is 1. The zero-order chi connectivity index (χ0) is 26.2. The number of ketones is 1. The molecule has 38 heavy (non-hydrogen) atoms. The molecule has 0 unspecified atom stereocenters. The van der Waals surface area contributed by atoms with Crippen LogP contribution in [0.2, 0.25) is 0 Å². The summed E-state index contributed by atoms with van der Waals surface area (Å²) in [6.45, 7) is 5.16. The van der Waals surface area contributed by atoms with E-state index in [0.717, 1.165) is 53.9 Å². The summed E-state index contributed by atoms with van der Waals surface area (Å²) in [5, 5.41) is 7.73. The average Bonchev–Trinajstić information content (AvgIpc) is 3.31. The quantitative estimate of drug-likeness (QED) is 0.421. The van der Waals surface area contributed by atoms with E-state index in [1.807, 2.05) is 18.2 Å². The molecule has 0 N–H and O–H groups in total. The van der Waals surface area contributed by atoms with Crippen molar-refractivity contribution in [2.24, 2.45) is 0 Å². The van der Waals surface area contributed by atoms with Gasteiger partial charge in [-0.15, -0.1) is 12.4 Å². The number of hydrogen-bond donors (Lipinski definition) is 0. The molecule has 2 aromatic carbocycles. The van der Waals surface area contributed by atoms with E-state index < -0.39 is 21.9 Å². The van der Waals surface area contributed by atoms with Crippen molar-refractivity contribution in [1.82, 2.24) is 15.2 Å². The second-order valence-electron chi connectivity index (χ2n) is 9.44. The highest BCUT2D eigenvalue weighted by Crippen LogP contribution is 2.41. The van der Waals surface area contributed by atoms with Crippen LogP contribution in [0, 0.1) is 0 Å². The van der Waals surface area contributed by atoms with Crippen LogP contribution in [0.25, 0.3) is 11.0 Å². The number of hydrogen-bond acceptors (Lipinski definition) is 10. The summed E-state index contributed by atoms with van der Waals surface area (Å²) in [6, 6.07) is 10.6. The number of carbonyl (C=O) groups excluding carboxylic acids is 2. The lowest BCUT2D eigenvalue weighted by Crippen LogP contribution is -2.51. The van der Waals surface area contributed by atoms with Crippen molar-refractivity contribution in [3.8, 4) is 5.75 Å². The first-order valence-electron chi connectivity index (χ1n) is 12.2. The van der Waals surface area contributed by atoms with E-state index in [2.05, 4.69) is 19.4 Å². The predicted molar refractivity (Wildman–Crippen MR) is 141 cm³/mol. The zero-order valence-corrected chi connectivity index (χ0v) is 22.7. The molecule has 0 radical (unpaired) electrons. The lowest BCUT2D eigenvalue weighted by Gasteiger charge is -2.44. The standard InChI is InChI=1S/C25H28N4O7S.ClH/c1-3-29(37(32,33)35-17(2)30)19-5-7-24-20(15-19)23(31)16-25(34-24)9-12-28(13-10-25)11-8-18-4-6-21-22(14-18)27-36-26-21;/h4-7,14-15H,3,8-13,16H2,1-2H3;1H. The van der Waals surface area contributed by atoms with Gasteiger partial charge in [0, 0.05) is 45.9 Å². The summed E-state index contributed by atoms with van der Waals surface area (Å²) < 4.78 is 41.5. The number of likely N-dealkylation sites (tertiary alicyclic amines) is 1. The summed E-state index contributed by atoms with van der Waals surface area (Å²) in [5.74, 6) is -0.576.